The van der Waals surface area contributed by atoms with Gasteiger partial charge in [0.2, 0.25) is 10.0 Å². The topological polar surface area (TPSA) is 58.2 Å². The second kappa shape index (κ2) is 6.36. The number of halogens is 2. The van der Waals surface area contributed by atoms with Crippen LogP contribution in [0.15, 0.2) is 16.3 Å². The fraction of sp³-hybridized carbons (Fsp3) is 0.556. The second-order valence-electron chi connectivity index (χ2n) is 3.72. The molecule has 1 aromatic rings. The summed E-state index contributed by atoms with van der Waals surface area (Å²) in [6, 6.07) is 3.12. The van der Waals surface area contributed by atoms with Gasteiger partial charge in [-0.3, -0.25) is 0 Å². The fourth-order valence-corrected chi connectivity index (χ4v) is 4.44. The number of hydrogen-bond acceptors (Lipinski definition) is 4. The molecule has 1 saturated heterocycles. The molecule has 8 heteroatoms. The van der Waals surface area contributed by atoms with Gasteiger partial charge in [-0.1, -0.05) is 11.6 Å². The number of rotatable bonds is 3. The highest BCUT2D eigenvalue weighted by Gasteiger charge is 2.22. The van der Waals surface area contributed by atoms with Gasteiger partial charge in [0.25, 0.3) is 0 Å². The lowest BCUT2D eigenvalue weighted by molar-refractivity contribution is 0.429. The lowest BCUT2D eigenvalue weighted by atomic mass is 10.1. The number of thiophene rings is 1. The SMILES string of the molecule is Cl.O=S(=O)(N[C@@H]1CCCNC1)c1ccc(Cl)s1. The Morgan fingerprint density at radius 3 is 2.76 bits per heavy atom. The van der Waals surface area contributed by atoms with E-state index in [1.54, 1.807) is 6.07 Å². The van der Waals surface area contributed by atoms with Gasteiger partial charge >= 0.3 is 0 Å². The third kappa shape index (κ3) is 4.08. The van der Waals surface area contributed by atoms with Crippen molar-refractivity contribution in [3.8, 4) is 0 Å². The Morgan fingerprint density at radius 1 is 1.47 bits per heavy atom. The monoisotopic (exact) mass is 316 g/mol. The molecule has 1 aliphatic heterocycles. The van der Waals surface area contributed by atoms with Crippen molar-refractivity contribution in [2.75, 3.05) is 13.1 Å². The van der Waals surface area contributed by atoms with Gasteiger partial charge in [0.05, 0.1) is 4.34 Å². The Morgan fingerprint density at radius 2 is 2.24 bits per heavy atom. The van der Waals surface area contributed by atoms with Gasteiger partial charge in [0.15, 0.2) is 0 Å². The summed E-state index contributed by atoms with van der Waals surface area (Å²) in [5.74, 6) is 0. The van der Waals surface area contributed by atoms with E-state index in [0.717, 1.165) is 30.7 Å². The Balaban J connectivity index is 0.00000144. The molecule has 0 radical (unpaired) electrons. The molecule has 1 atom stereocenters. The van der Waals surface area contributed by atoms with Crippen LogP contribution in [0.5, 0.6) is 0 Å². The maximum absolute atomic E-state index is 11.9. The van der Waals surface area contributed by atoms with E-state index in [4.69, 9.17) is 11.6 Å². The summed E-state index contributed by atoms with van der Waals surface area (Å²) < 4.78 is 27.3. The van der Waals surface area contributed by atoms with Crippen LogP contribution in [0.1, 0.15) is 12.8 Å². The zero-order valence-electron chi connectivity index (χ0n) is 8.98. The van der Waals surface area contributed by atoms with Gasteiger partial charge in [-0.15, -0.1) is 23.7 Å². The smallest absolute Gasteiger partial charge is 0.250 e. The third-order valence-electron chi connectivity index (χ3n) is 2.43. The first-order valence-electron chi connectivity index (χ1n) is 5.06. The van der Waals surface area contributed by atoms with Gasteiger partial charge in [-0.05, 0) is 31.5 Å². The lowest BCUT2D eigenvalue weighted by Gasteiger charge is -2.23. The molecular formula is C9H14Cl2N2O2S2. The molecule has 2 heterocycles. The molecule has 1 fully saturated rings. The van der Waals surface area contributed by atoms with Gasteiger partial charge < -0.3 is 5.32 Å². The normalized spacial score (nSPS) is 20.9. The van der Waals surface area contributed by atoms with Crippen LogP contribution >= 0.6 is 35.3 Å². The summed E-state index contributed by atoms with van der Waals surface area (Å²) >= 11 is 6.80. The van der Waals surface area contributed by atoms with E-state index in [2.05, 4.69) is 10.0 Å². The van der Waals surface area contributed by atoms with E-state index in [1.807, 2.05) is 0 Å². The van der Waals surface area contributed by atoms with Crippen molar-refractivity contribution in [3.63, 3.8) is 0 Å². The molecule has 98 valence electrons. The highest BCUT2D eigenvalue weighted by molar-refractivity contribution is 7.91. The Labute approximate surface area is 116 Å². The van der Waals surface area contributed by atoms with Crippen molar-refractivity contribution in [1.82, 2.24) is 10.0 Å². The van der Waals surface area contributed by atoms with Gasteiger partial charge in [-0.25, -0.2) is 13.1 Å². The van der Waals surface area contributed by atoms with Crippen LogP contribution in [0.2, 0.25) is 4.34 Å². The molecule has 2 rings (SSSR count). The zero-order valence-corrected chi connectivity index (χ0v) is 12.2. The van der Waals surface area contributed by atoms with Crippen molar-refractivity contribution >= 4 is 45.4 Å². The van der Waals surface area contributed by atoms with Crippen molar-refractivity contribution in [3.05, 3.63) is 16.5 Å². The highest BCUT2D eigenvalue weighted by atomic mass is 35.5. The molecule has 2 N–H and O–H groups in total. The Hall–Kier alpha value is 0.150. The van der Waals surface area contributed by atoms with Gasteiger partial charge in [0, 0.05) is 12.6 Å². The quantitative estimate of drug-likeness (QED) is 0.894. The maximum Gasteiger partial charge on any atom is 0.250 e. The van der Waals surface area contributed by atoms with E-state index >= 15 is 0 Å². The molecule has 0 aromatic carbocycles. The standard InChI is InChI=1S/C9H13ClN2O2S2.ClH/c10-8-3-4-9(15-8)16(13,14)12-7-2-1-5-11-6-7;/h3-4,7,11-12H,1-2,5-6H2;1H/t7-;/m1./s1. The molecule has 0 unspecified atom stereocenters. The summed E-state index contributed by atoms with van der Waals surface area (Å²) in [6.45, 7) is 1.65. The summed E-state index contributed by atoms with van der Waals surface area (Å²) in [5.41, 5.74) is 0. The molecule has 17 heavy (non-hydrogen) atoms. The fourth-order valence-electron chi connectivity index (χ4n) is 1.67. The first-order chi connectivity index (χ1) is 7.58. The average molecular weight is 317 g/mol. The number of hydrogen-bond donors (Lipinski definition) is 2. The molecular weight excluding hydrogens is 303 g/mol. The number of nitrogens with one attached hydrogen (secondary N) is 2. The number of sulfonamides is 1. The molecule has 4 nitrogen and oxygen atoms in total. The predicted molar refractivity (Wildman–Crippen MR) is 72.8 cm³/mol. The molecule has 0 saturated carbocycles. The summed E-state index contributed by atoms with van der Waals surface area (Å²) in [6.07, 6.45) is 1.88. The molecule has 0 spiro atoms. The van der Waals surface area contributed by atoms with Crippen molar-refractivity contribution in [1.29, 1.82) is 0 Å². The Kier molecular flexibility index (Phi) is 5.69. The van der Waals surface area contributed by atoms with E-state index in [0.29, 0.717) is 10.9 Å². The van der Waals surface area contributed by atoms with Crippen molar-refractivity contribution in [2.45, 2.75) is 23.1 Å². The van der Waals surface area contributed by atoms with Crippen molar-refractivity contribution in [2.24, 2.45) is 0 Å². The molecule has 0 aliphatic carbocycles. The van der Waals surface area contributed by atoms with Crippen LogP contribution < -0.4 is 10.0 Å². The summed E-state index contributed by atoms with van der Waals surface area (Å²) in [4.78, 5) is 0. The van der Waals surface area contributed by atoms with E-state index in [-0.39, 0.29) is 22.7 Å². The molecule has 1 aliphatic rings. The number of piperidine rings is 1. The first kappa shape index (κ1) is 15.2. The second-order valence-corrected chi connectivity index (χ2v) is 7.38. The highest BCUT2D eigenvalue weighted by Crippen LogP contribution is 2.25. The first-order valence-corrected chi connectivity index (χ1v) is 7.74. The predicted octanol–water partition coefficient (Wildman–Crippen LogP) is 1.85. The third-order valence-corrected chi connectivity index (χ3v) is 5.68. The van der Waals surface area contributed by atoms with Crippen molar-refractivity contribution < 1.29 is 8.42 Å². The Bertz CT molecular complexity index is 455. The van der Waals surface area contributed by atoms with Crippen LogP contribution in [0, 0.1) is 0 Å². The minimum absolute atomic E-state index is 0. The lowest BCUT2D eigenvalue weighted by Crippen LogP contribution is -2.45. The average Bonchev–Trinajstić information content (AvgIpc) is 2.66. The molecule has 0 amide bonds. The summed E-state index contributed by atoms with van der Waals surface area (Å²) in [5, 5.41) is 3.16. The van der Waals surface area contributed by atoms with Crippen LogP contribution in [-0.2, 0) is 10.0 Å². The van der Waals surface area contributed by atoms with Crippen LogP contribution in [0.25, 0.3) is 0 Å². The van der Waals surface area contributed by atoms with E-state index < -0.39 is 10.0 Å². The minimum Gasteiger partial charge on any atom is -0.315 e. The van der Waals surface area contributed by atoms with Crippen LogP contribution in [0.4, 0.5) is 0 Å². The largest absolute Gasteiger partial charge is 0.315 e. The van der Waals surface area contributed by atoms with Crippen LogP contribution in [-0.4, -0.2) is 27.5 Å². The maximum atomic E-state index is 11.9. The molecule has 0 bridgehead atoms. The van der Waals surface area contributed by atoms with Crippen LogP contribution in [0.3, 0.4) is 0 Å². The zero-order chi connectivity index (χ0) is 11.6. The molecule has 1 aromatic heterocycles. The van der Waals surface area contributed by atoms with Gasteiger partial charge in [0.1, 0.15) is 4.21 Å². The van der Waals surface area contributed by atoms with Gasteiger partial charge in [-0.2, -0.15) is 0 Å². The van der Waals surface area contributed by atoms with E-state index in [1.165, 1.54) is 6.07 Å². The van der Waals surface area contributed by atoms with E-state index in [9.17, 15) is 8.42 Å². The minimum atomic E-state index is -3.40. The summed E-state index contributed by atoms with van der Waals surface area (Å²) in [7, 11) is -3.40.